The first-order chi connectivity index (χ1) is 8.15. The molecule has 0 saturated heterocycles. The molecule has 0 aliphatic carbocycles. The van der Waals surface area contributed by atoms with Crippen molar-refractivity contribution < 1.29 is 4.79 Å². The number of aryl methyl sites for hydroxylation is 1. The van der Waals surface area contributed by atoms with E-state index in [2.05, 4.69) is 10.3 Å². The number of nitrogens with one attached hydrogen (secondary N) is 2. The Morgan fingerprint density at radius 3 is 2.76 bits per heavy atom. The van der Waals surface area contributed by atoms with Crippen LogP contribution >= 0.6 is 0 Å². The fourth-order valence-electron chi connectivity index (χ4n) is 1.51. The van der Waals surface area contributed by atoms with Gasteiger partial charge in [-0.15, -0.1) is 0 Å². The lowest BCUT2D eigenvalue weighted by Crippen LogP contribution is -2.15. The van der Waals surface area contributed by atoms with Gasteiger partial charge in [0.05, 0.1) is 0 Å². The van der Waals surface area contributed by atoms with Crippen molar-refractivity contribution in [3.8, 4) is 0 Å². The van der Waals surface area contributed by atoms with E-state index in [1.165, 1.54) is 12.3 Å². The van der Waals surface area contributed by atoms with E-state index < -0.39 is 0 Å². The van der Waals surface area contributed by atoms with Gasteiger partial charge in [-0.1, -0.05) is 12.1 Å². The van der Waals surface area contributed by atoms with Crippen molar-refractivity contribution in [2.45, 2.75) is 6.92 Å². The molecule has 1 heterocycles. The van der Waals surface area contributed by atoms with Crippen molar-refractivity contribution in [2.75, 3.05) is 5.32 Å². The molecule has 2 N–H and O–H groups in total. The number of aromatic amines is 1. The zero-order chi connectivity index (χ0) is 12.3. The van der Waals surface area contributed by atoms with Gasteiger partial charge in [0.15, 0.2) is 0 Å². The lowest BCUT2D eigenvalue weighted by atomic mass is 10.2. The molecule has 0 radical (unpaired) electrons. The van der Waals surface area contributed by atoms with Gasteiger partial charge in [0.2, 0.25) is 5.56 Å². The first kappa shape index (κ1) is 11.1. The molecule has 0 unspecified atom stereocenters. The summed E-state index contributed by atoms with van der Waals surface area (Å²) in [7, 11) is 0. The molecule has 4 heteroatoms. The average Bonchev–Trinajstić information content (AvgIpc) is 2.29. The van der Waals surface area contributed by atoms with E-state index in [9.17, 15) is 9.59 Å². The van der Waals surface area contributed by atoms with E-state index in [1.54, 1.807) is 12.1 Å². The fraction of sp³-hybridized carbons (Fsp3) is 0.0769. The topological polar surface area (TPSA) is 62.0 Å². The van der Waals surface area contributed by atoms with Crippen LogP contribution in [-0.2, 0) is 0 Å². The third-order valence-corrected chi connectivity index (χ3v) is 2.31. The fourth-order valence-corrected chi connectivity index (χ4v) is 1.51. The third kappa shape index (κ3) is 2.81. The second kappa shape index (κ2) is 4.65. The van der Waals surface area contributed by atoms with Crippen molar-refractivity contribution in [1.29, 1.82) is 0 Å². The molecule has 17 heavy (non-hydrogen) atoms. The number of pyridine rings is 1. The van der Waals surface area contributed by atoms with E-state index in [0.29, 0.717) is 5.56 Å². The quantitative estimate of drug-likeness (QED) is 0.825. The van der Waals surface area contributed by atoms with Gasteiger partial charge < -0.3 is 10.3 Å². The zero-order valence-corrected chi connectivity index (χ0v) is 9.36. The number of aromatic nitrogens is 1. The molecule has 2 rings (SSSR count). The highest BCUT2D eigenvalue weighted by atomic mass is 16.2. The Kier molecular flexibility index (Phi) is 3.05. The van der Waals surface area contributed by atoms with E-state index in [0.717, 1.165) is 11.3 Å². The molecule has 86 valence electrons. The van der Waals surface area contributed by atoms with E-state index in [-0.39, 0.29) is 11.5 Å². The lowest BCUT2D eigenvalue weighted by Gasteiger charge is -2.05. The molecular weight excluding hydrogens is 216 g/mol. The number of anilines is 1. The highest BCUT2D eigenvalue weighted by Gasteiger charge is 2.05. The maximum absolute atomic E-state index is 11.8. The number of amides is 1. The van der Waals surface area contributed by atoms with Crippen LogP contribution in [-0.4, -0.2) is 10.9 Å². The number of hydrogen-bond acceptors (Lipinski definition) is 2. The molecule has 0 aliphatic heterocycles. The van der Waals surface area contributed by atoms with Gasteiger partial charge in [-0.05, 0) is 30.7 Å². The maximum atomic E-state index is 11.8. The predicted molar refractivity (Wildman–Crippen MR) is 66.2 cm³/mol. The molecule has 0 atom stereocenters. The van der Waals surface area contributed by atoms with E-state index >= 15 is 0 Å². The van der Waals surface area contributed by atoms with Crippen molar-refractivity contribution >= 4 is 11.6 Å². The Bertz CT molecular complexity index is 602. The molecule has 0 fully saturated rings. The monoisotopic (exact) mass is 228 g/mol. The van der Waals surface area contributed by atoms with Crippen LogP contribution in [0.25, 0.3) is 0 Å². The number of H-pyrrole nitrogens is 1. The highest BCUT2D eigenvalue weighted by molar-refractivity contribution is 6.04. The summed E-state index contributed by atoms with van der Waals surface area (Å²) in [5, 5.41) is 2.73. The summed E-state index contributed by atoms with van der Waals surface area (Å²) in [6, 6.07) is 10.3. The average molecular weight is 228 g/mol. The summed E-state index contributed by atoms with van der Waals surface area (Å²) in [4.78, 5) is 25.3. The number of rotatable bonds is 2. The van der Waals surface area contributed by atoms with Gasteiger partial charge in [-0.2, -0.15) is 0 Å². The van der Waals surface area contributed by atoms with Crippen molar-refractivity contribution in [3.63, 3.8) is 0 Å². The van der Waals surface area contributed by atoms with Gasteiger partial charge in [0, 0.05) is 23.5 Å². The molecule has 1 aromatic heterocycles. The summed E-state index contributed by atoms with van der Waals surface area (Å²) in [5.41, 5.74) is 1.83. The van der Waals surface area contributed by atoms with Crippen molar-refractivity contribution in [3.05, 3.63) is 64.1 Å². The van der Waals surface area contributed by atoms with Crippen molar-refractivity contribution in [1.82, 2.24) is 4.98 Å². The van der Waals surface area contributed by atoms with Gasteiger partial charge in [0.25, 0.3) is 5.91 Å². The Morgan fingerprint density at radius 2 is 2.06 bits per heavy atom. The molecule has 0 spiro atoms. The number of carbonyl (C=O) groups excluding carboxylic acids is 1. The highest BCUT2D eigenvalue weighted by Crippen LogP contribution is 2.10. The van der Waals surface area contributed by atoms with Crippen LogP contribution in [0, 0.1) is 6.92 Å². The molecule has 0 bridgehead atoms. The summed E-state index contributed by atoms with van der Waals surface area (Å²) in [6.07, 6.45) is 1.45. The van der Waals surface area contributed by atoms with Crippen LogP contribution in [0.4, 0.5) is 5.69 Å². The minimum atomic E-state index is -0.290. The standard InChI is InChI=1S/C13H12N2O2/c1-9-3-2-4-11(7-9)15-13(17)10-5-6-14-12(16)8-10/h2-8H,1H3,(H,14,16)(H,15,17). The molecule has 0 aliphatic rings. The molecule has 2 aromatic rings. The second-order valence-corrected chi connectivity index (χ2v) is 3.77. The smallest absolute Gasteiger partial charge is 0.255 e. The molecule has 1 amide bonds. The summed E-state index contributed by atoms with van der Waals surface area (Å²) < 4.78 is 0. The van der Waals surface area contributed by atoms with Crippen LogP contribution < -0.4 is 10.9 Å². The molecule has 1 aromatic carbocycles. The first-order valence-corrected chi connectivity index (χ1v) is 5.22. The van der Waals surface area contributed by atoms with Gasteiger partial charge in [0.1, 0.15) is 0 Å². The second-order valence-electron chi connectivity index (χ2n) is 3.77. The Hall–Kier alpha value is -2.36. The SMILES string of the molecule is Cc1cccc(NC(=O)c2cc[nH]c(=O)c2)c1. The van der Waals surface area contributed by atoms with Crippen molar-refractivity contribution in [2.24, 2.45) is 0 Å². The first-order valence-electron chi connectivity index (χ1n) is 5.22. The van der Waals surface area contributed by atoms with Gasteiger partial charge >= 0.3 is 0 Å². The largest absolute Gasteiger partial charge is 0.329 e. The normalized spacial score (nSPS) is 9.94. The lowest BCUT2D eigenvalue weighted by molar-refractivity contribution is 0.102. The minimum Gasteiger partial charge on any atom is -0.329 e. The minimum absolute atomic E-state index is 0.290. The summed E-state index contributed by atoms with van der Waals surface area (Å²) in [5.74, 6) is -0.290. The molecular formula is C13H12N2O2. The zero-order valence-electron chi connectivity index (χ0n) is 9.36. The third-order valence-electron chi connectivity index (χ3n) is 2.31. The van der Waals surface area contributed by atoms with Crippen LogP contribution in [0.1, 0.15) is 15.9 Å². The van der Waals surface area contributed by atoms with Crippen LogP contribution in [0.15, 0.2) is 47.4 Å². The van der Waals surface area contributed by atoms with Gasteiger partial charge in [-0.3, -0.25) is 9.59 Å². The Morgan fingerprint density at radius 1 is 1.24 bits per heavy atom. The molecule has 0 saturated carbocycles. The van der Waals surface area contributed by atoms with E-state index in [4.69, 9.17) is 0 Å². The maximum Gasteiger partial charge on any atom is 0.255 e. The summed E-state index contributed by atoms with van der Waals surface area (Å²) in [6.45, 7) is 1.95. The van der Waals surface area contributed by atoms with Crippen LogP contribution in [0.2, 0.25) is 0 Å². The number of benzene rings is 1. The van der Waals surface area contributed by atoms with Crippen LogP contribution in [0.3, 0.4) is 0 Å². The Balaban J connectivity index is 2.20. The number of carbonyl (C=O) groups is 1. The predicted octanol–water partition coefficient (Wildman–Crippen LogP) is 1.94. The van der Waals surface area contributed by atoms with Crippen LogP contribution in [0.5, 0.6) is 0 Å². The molecule has 4 nitrogen and oxygen atoms in total. The number of hydrogen-bond donors (Lipinski definition) is 2. The van der Waals surface area contributed by atoms with Gasteiger partial charge in [-0.25, -0.2) is 0 Å². The van der Waals surface area contributed by atoms with E-state index in [1.807, 2.05) is 25.1 Å². The summed E-state index contributed by atoms with van der Waals surface area (Å²) >= 11 is 0. The Labute approximate surface area is 98.3 Å².